The first-order valence-corrected chi connectivity index (χ1v) is 6.10. The molecular formula is C15H11F4NO. The summed E-state index contributed by atoms with van der Waals surface area (Å²) in [6.07, 6.45) is 0. The molecule has 1 amide bonds. The van der Waals surface area contributed by atoms with Gasteiger partial charge in [-0.15, -0.1) is 0 Å². The molecule has 0 heterocycles. The first-order chi connectivity index (χ1) is 9.90. The molecule has 1 atom stereocenters. The molecule has 21 heavy (non-hydrogen) atoms. The summed E-state index contributed by atoms with van der Waals surface area (Å²) < 4.78 is 52.2. The van der Waals surface area contributed by atoms with Gasteiger partial charge in [0.2, 0.25) is 0 Å². The van der Waals surface area contributed by atoms with Crippen molar-refractivity contribution in [1.82, 2.24) is 5.32 Å². The topological polar surface area (TPSA) is 29.1 Å². The summed E-state index contributed by atoms with van der Waals surface area (Å²) in [5.74, 6) is -5.92. The van der Waals surface area contributed by atoms with Crippen LogP contribution in [0.2, 0.25) is 0 Å². The normalized spacial score (nSPS) is 12.0. The molecule has 2 rings (SSSR count). The van der Waals surface area contributed by atoms with Crippen LogP contribution in [0.1, 0.15) is 28.9 Å². The second-order valence-electron chi connectivity index (χ2n) is 4.47. The van der Waals surface area contributed by atoms with Crippen LogP contribution in [-0.4, -0.2) is 5.91 Å². The first kappa shape index (κ1) is 15.0. The van der Waals surface area contributed by atoms with Crippen molar-refractivity contribution in [3.8, 4) is 0 Å². The van der Waals surface area contributed by atoms with E-state index in [1.165, 1.54) is 24.3 Å². The summed E-state index contributed by atoms with van der Waals surface area (Å²) in [6, 6.07) is 6.34. The van der Waals surface area contributed by atoms with Crippen molar-refractivity contribution in [2.24, 2.45) is 0 Å². The van der Waals surface area contributed by atoms with Gasteiger partial charge in [0.1, 0.15) is 5.82 Å². The van der Waals surface area contributed by atoms with Gasteiger partial charge in [-0.05, 0) is 36.8 Å². The summed E-state index contributed by atoms with van der Waals surface area (Å²) in [5, 5.41) is 2.43. The van der Waals surface area contributed by atoms with Gasteiger partial charge in [0, 0.05) is 0 Å². The van der Waals surface area contributed by atoms with E-state index in [0.717, 1.165) is 6.07 Å². The molecule has 2 nitrogen and oxygen atoms in total. The van der Waals surface area contributed by atoms with E-state index < -0.39 is 40.8 Å². The number of halogens is 4. The van der Waals surface area contributed by atoms with E-state index in [1.54, 1.807) is 6.92 Å². The number of carbonyl (C=O) groups excluding carboxylic acids is 1. The Kier molecular flexibility index (Phi) is 4.26. The Balaban J connectivity index is 2.18. The summed E-state index contributed by atoms with van der Waals surface area (Å²) >= 11 is 0. The molecule has 0 saturated carbocycles. The van der Waals surface area contributed by atoms with Crippen LogP contribution in [0.15, 0.2) is 36.4 Å². The van der Waals surface area contributed by atoms with E-state index in [4.69, 9.17) is 0 Å². The minimum Gasteiger partial charge on any atom is -0.345 e. The minimum atomic E-state index is -1.70. The molecule has 2 aromatic carbocycles. The molecule has 0 aliphatic heterocycles. The molecule has 0 aliphatic carbocycles. The molecule has 110 valence electrons. The summed E-state index contributed by atoms with van der Waals surface area (Å²) in [4.78, 5) is 11.9. The van der Waals surface area contributed by atoms with Gasteiger partial charge in [0.25, 0.3) is 5.91 Å². The second kappa shape index (κ2) is 5.95. The number of rotatable bonds is 3. The molecule has 6 heteroatoms. The van der Waals surface area contributed by atoms with Crippen molar-refractivity contribution in [1.29, 1.82) is 0 Å². The largest absolute Gasteiger partial charge is 0.345 e. The Morgan fingerprint density at radius 2 is 1.57 bits per heavy atom. The summed E-state index contributed by atoms with van der Waals surface area (Å²) in [5.41, 5.74) is -0.00407. The predicted molar refractivity (Wildman–Crippen MR) is 68.6 cm³/mol. The van der Waals surface area contributed by atoms with Crippen LogP contribution in [0.5, 0.6) is 0 Å². The SMILES string of the molecule is CC(NC(=O)c1ccc(F)c(F)c1F)c1ccc(F)cc1. The van der Waals surface area contributed by atoms with Crippen LogP contribution in [0, 0.1) is 23.3 Å². The first-order valence-electron chi connectivity index (χ1n) is 6.10. The van der Waals surface area contributed by atoms with Crippen LogP contribution >= 0.6 is 0 Å². The van der Waals surface area contributed by atoms with E-state index in [2.05, 4.69) is 5.32 Å². The highest BCUT2D eigenvalue weighted by Gasteiger charge is 2.20. The van der Waals surface area contributed by atoms with Crippen molar-refractivity contribution in [2.75, 3.05) is 0 Å². The Morgan fingerprint density at radius 3 is 2.19 bits per heavy atom. The van der Waals surface area contributed by atoms with Crippen molar-refractivity contribution in [2.45, 2.75) is 13.0 Å². The van der Waals surface area contributed by atoms with Crippen molar-refractivity contribution in [3.63, 3.8) is 0 Å². The predicted octanol–water partition coefficient (Wildman–Crippen LogP) is 3.73. The summed E-state index contributed by atoms with van der Waals surface area (Å²) in [6.45, 7) is 1.60. The van der Waals surface area contributed by atoms with Gasteiger partial charge in [-0.3, -0.25) is 4.79 Å². The molecular weight excluding hydrogens is 286 g/mol. The van der Waals surface area contributed by atoms with E-state index >= 15 is 0 Å². The molecule has 0 saturated heterocycles. The van der Waals surface area contributed by atoms with Gasteiger partial charge in [-0.2, -0.15) is 0 Å². The van der Waals surface area contributed by atoms with Gasteiger partial charge >= 0.3 is 0 Å². The highest BCUT2D eigenvalue weighted by atomic mass is 19.2. The van der Waals surface area contributed by atoms with Gasteiger partial charge < -0.3 is 5.32 Å². The number of nitrogens with one attached hydrogen (secondary N) is 1. The Morgan fingerprint density at radius 1 is 0.952 bits per heavy atom. The van der Waals surface area contributed by atoms with Crippen LogP contribution in [-0.2, 0) is 0 Å². The molecule has 1 unspecified atom stereocenters. The number of benzene rings is 2. The van der Waals surface area contributed by atoms with Gasteiger partial charge in [0.15, 0.2) is 17.5 Å². The fourth-order valence-electron chi connectivity index (χ4n) is 1.81. The smallest absolute Gasteiger partial charge is 0.254 e. The molecule has 2 aromatic rings. The lowest BCUT2D eigenvalue weighted by Gasteiger charge is -2.15. The molecule has 0 aliphatic rings. The van der Waals surface area contributed by atoms with E-state index in [1.807, 2.05) is 0 Å². The highest BCUT2D eigenvalue weighted by Crippen LogP contribution is 2.17. The van der Waals surface area contributed by atoms with Gasteiger partial charge in [-0.25, -0.2) is 17.6 Å². The third kappa shape index (κ3) is 3.21. The monoisotopic (exact) mass is 297 g/mol. The standard InChI is InChI=1S/C15H11F4NO/c1-8(9-2-4-10(16)5-3-9)20-15(21)11-6-7-12(17)14(19)13(11)18/h2-8H,1H3,(H,20,21). The third-order valence-corrected chi connectivity index (χ3v) is 3.00. The number of hydrogen-bond donors (Lipinski definition) is 1. The van der Waals surface area contributed by atoms with Gasteiger partial charge in [-0.1, -0.05) is 12.1 Å². The van der Waals surface area contributed by atoms with Crippen LogP contribution < -0.4 is 5.32 Å². The number of amides is 1. The zero-order valence-corrected chi connectivity index (χ0v) is 11.0. The Labute approximate surface area is 118 Å². The maximum atomic E-state index is 13.5. The van der Waals surface area contributed by atoms with Crippen LogP contribution in [0.3, 0.4) is 0 Å². The second-order valence-corrected chi connectivity index (χ2v) is 4.47. The quantitative estimate of drug-likeness (QED) is 0.678. The third-order valence-electron chi connectivity index (χ3n) is 3.00. The average Bonchev–Trinajstić information content (AvgIpc) is 2.45. The Bertz CT molecular complexity index is 670. The molecule has 0 bridgehead atoms. The maximum Gasteiger partial charge on any atom is 0.254 e. The average molecular weight is 297 g/mol. The highest BCUT2D eigenvalue weighted by molar-refractivity contribution is 5.94. The van der Waals surface area contributed by atoms with Gasteiger partial charge in [0.05, 0.1) is 11.6 Å². The lowest BCUT2D eigenvalue weighted by Crippen LogP contribution is -2.27. The Hall–Kier alpha value is -2.37. The fraction of sp³-hybridized carbons (Fsp3) is 0.133. The number of hydrogen-bond acceptors (Lipinski definition) is 1. The zero-order valence-electron chi connectivity index (χ0n) is 11.0. The van der Waals surface area contributed by atoms with Crippen LogP contribution in [0.25, 0.3) is 0 Å². The molecule has 0 radical (unpaired) electrons. The molecule has 0 fully saturated rings. The summed E-state index contributed by atoms with van der Waals surface area (Å²) in [7, 11) is 0. The van der Waals surface area contributed by atoms with E-state index in [-0.39, 0.29) is 0 Å². The molecule has 0 spiro atoms. The fourth-order valence-corrected chi connectivity index (χ4v) is 1.81. The zero-order chi connectivity index (χ0) is 15.6. The molecule has 1 N–H and O–H groups in total. The van der Waals surface area contributed by atoms with E-state index in [0.29, 0.717) is 11.6 Å². The minimum absolute atomic E-state index is 0.427. The van der Waals surface area contributed by atoms with Crippen molar-refractivity contribution in [3.05, 3.63) is 70.8 Å². The lowest BCUT2D eigenvalue weighted by atomic mass is 10.1. The van der Waals surface area contributed by atoms with Crippen molar-refractivity contribution < 1.29 is 22.4 Å². The number of carbonyl (C=O) groups is 1. The van der Waals surface area contributed by atoms with E-state index in [9.17, 15) is 22.4 Å². The van der Waals surface area contributed by atoms with Crippen molar-refractivity contribution >= 4 is 5.91 Å². The van der Waals surface area contributed by atoms with Crippen LogP contribution in [0.4, 0.5) is 17.6 Å². The molecule has 0 aromatic heterocycles. The maximum absolute atomic E-state index is 13.5. The lowest BCUT2D eigenvalue weighted by molar-refractivity contribution is 0.0934.